The Morgan fingerprint density at radius 3 is 2.17 bits per heavy atom. The number of carbonyl (C=O) groups excluding carboxylic acids is 8. The van der Waals surface area contributed by atoms with Gasteiger partial charge in [-0.2, -0.15) is 0 Å². The molecule has 1 unspecified atom stereocenters. The molecule has 12 N–H and O–H groups in total. The number of carbonyl (C=O) groups is 8. The van der Waals surface area contributed by atoms with Gasteiger partial charge in [0.15, 0.2) is 6.10 Å². The van der Waals surface area contributed by atoms with Gasteiger partial charge in [0.2, 0.25) is 16.9 Å². The van der Waals surface area contributed by atoms with Crippen molar-refractivity contribution in [1.82, 2.24) is 61.5 Å². The number of primary amides is 1. The SMILES string of the molecule is C/C=C1\NC(=O)[C@H]([C@@H](C)O)NC(=O)c2csc(n2)-c2cc(O)c(-c3nc(C(=O)NC(CNc4ccc(I)cc4)C(N)=O)cs3)nc2-c2csc(n2)[C@@H]2CSC(=O)c3[nH]c4cccc(c4c3C)COC(=O)[C@H](O)C[C@H](NC(=O)c3csc1n3)c1nc(cs1)C(=O)N2. The molecular formula is C57H49IN14O12S6. The minimum atomic E-state index is -1.84. The number of aromatic hydroxyl groups is 1. The number of allylic oxidation sites excluding steroid dienone is 1. The minimum absolute atomic E-state index is 0.0485. The first kappa shape index (κ1) is 63.2. The van der Waals surface area contributed by atoms with Crippen LogP contribution in [0.25, 0.3) is 49.3 Å². The minimum Gasteiger partial charge on any atom is -0.506 e. The van der Waals surface area contributed by atoms with Gasteiger partial charge < -0.3 is 62.7 Å². The Labute approximate surface area is 547 Å². The first-order valence-corrected chi connectivity index (χ1v) is 33.5. The summed E-state index contributed by atoms with van der Waals surface area (Å²) in [5.74, 6) is -6.43. The number of aliphatic hydroxyl groups excluding tert-OH is 2. The van der Waals surface area contributed by atoms with Crippen LogP contribution in [0.5, 0.6) is 5.75 Å². The van der Waals surface area contributed by atoms with Crippen LogP contribution < -0.4 is 37.6 Å². The number of nitrogens with one attached hydrogen (secondary N) is 7. The molecule has 0 fully saturated rings. The number of halogens is 1. The number of anilines is 1. The molecule has 6 amide bonds. The van der Waals surface area contributed by atoms with Gasteiger partial charge in [-0.05, 0) is 90.9 Å². The monoisotopic (exact) mass is 1440 g/mol. The van der Waals surface area contributed by atoms with Gasteiger partial charge >= 0.3 is 5.97 Å². The smallest absolute Gasteiger partial charge is 0.335 e. The molecule has 12 bridgehead atoms. The topological polar surface area (TPSA) is 398 Å². The van der Waals surface area contributed by atoms with E-state index < -0.39 is 95.1 Å². The molecule has 11 rings (SSSR count). The van der Waals surface area contributed by atoms with Crippen molar-refractivity contribution in [2.45, 2.75) is 70.2 Å². The number of thiazole rings is 5. The van der Waals surface area contributed by atoms with E-state index in [0.717, 1.165) is 72.0 Å². The first-order valence-electron chi connectivity index (χ1n) is 27.0. The van der Waals surface area contributed by atoms with Gasteiger partial charge in [-0.25, -0.2) is 34.7 Å². The van der Waals surface area contributed by atoms with Crippen molar-refractivity contribution in [3.05, 3.63) is 140 Å². The van der Waals surface area contributed by atoms with Crippen molar-refractivity contribution >= 4 is 160 Å². The van der Waals surface area contributed by atoms with E-state index in [4.69, 9.17) is 20.4 Å². The van der Waals surface area contributed by atoms with E-state index in [0.29, 0.717) is 27.7 Å². The number of benzene rings is 2. The highest BCUT2D eigenvalue weighted by Crippen LogP contribution is 2.42. The Bertz CT molecular complexity index is 4360. The zero-order valence-corrected chi connectivity index (χ0v) is 54.0. The summed E-state index contributed by atoms with van der Waals surface area (Å²) in [4.78, 5) is 142. The van der Waals surface area contributed by atoms with Crippen molar-refractivity contribution in [1.29, 1.82) is 0 Å². The summed E-state index contributed by atoms with van der Waals surface area (Å²) in [6.07, 6.45) is -2.30. The molecule has 7 aromatic heterocycles. The van der Waals surface area contributed by atoms with E-state index in [1.807, 2.05) is 12.1 Å². The molecule has 9 heterocycles. The van der Waals surface area contributed by atoms with Gasteiger partial charge in [-0.3, -0.25) is 33.6 Å². The van der Waals surface area contributed by atoms with Crippen LogP contribution in [0.1, 0.15) is 111 Å². The lowest BCUT2D eigenvalue weighted by atomic mass is 10.1. The number of pyridine rings is 1. The largest absolute Gasteiger partial charge is 0.506 e. The Hall–Kier alpha value is -8.42. The summed E-state index contributed by atoms with van der Waals surface area (Å²) in [5.41, 5.74) is 7.95. The number of hydrogen-bond acceptors (Lipinski definition) is 25. The highest BCUT2D eigenvalue weighted by atomic mass is 127. The summed E-state index contributed by atoms with van der Waals surface area (Å²) >= 11 is 7.94. The molecule has 0 saturated heterocycles. The van der Waals surface area contributed by atoms with E-state index in [1.54, 1.807) is 49.6 Å². The standard InChI is InChI=1S/C57H49IN14O12S6/c1-4-28-52-68-33(18-87-52)46(77)63-30-13-39(75)56(82)84-15-24-6-5-7-29-40(24)22(2)41(61-29)57(83)90-21-37(65-48(79)34-19-88-53(30)69-34)54-66-32(16-86-54)43-27(51-67-36(17-85-51)49(80)72-42(23(3)73)50(81)62-28)12-38(74)44(71-43)55-70-35(20-89-55)47(78)64-31(45(59)76)14-60-26-10-8-25(58)9-11-26/h4-12,16-20,23,30-31,37,39,42,60-61,73-75H,13-15,21H2,1-3H3,(H2,59,76)(H,62,81)(H,63,77)(H,64,78)(H,65,79)(H,72,80)/b28-4-/t23-,30+,31?,37+,39-,42+/m1/s1. The number of thioether (sulfide) groups is 1. The van der Waals surface area contributed by atoms with Crippen LogP contribution in [0.4, 0.5) is 5.69 Å². The average molecular weight is 1440 g/mol. The fourth-order valence-corrected chi connectivity index (χ4v) is 15.0. The number of aryl methyl sites for hydroxylation is 1. The molecule has 0 aliphatic carbocycles. The molecule has 9 aromatic rings. The average Bonchev–Trinajstić information content (AvgIpc) is 2.64. The second kappa shape index (κ2) is 27.0. The van der Waals surface area contributed by atoms with Crippen LogP contribution in [0.3, 0.4) is 0 Å². The van der Waals surface area contributed by atoms with Crippen molar-refractivity contribution in [3.8, 4) is 38.4 Å². The quantitative estimate of drug-likeness (QED) is 0.0574. The van der Waals surface area contributed by atoms with Crippen molar-refractivity contribution < 1.29 is 58.4 Å². The Morgan fingerprint density at radius 2 is 1.44 bits per heavy atom. The number of cyclic esters (lactones) is 1. The van der Waals surface area contributed by atoms with E-state index >= 15 is 0 Å². The lowest BCUT2D eigenvalue weighted by molar-refractivity contribution is -0.155. The number of nitrogens with two attached hydrogens (primary N) is 1. The number of esters is 1. The fraction of sp³-hybridized carbons (Fsp3) is 0.228. The highest BCUT2D eigenvalue weighted by molar-refractivity contribution is 14.1. The molecule has 2 aliphatic heterocycles. The molecule has 2 aromatic carbocycles. The van der Waals surface area contributed by atoms with Crippen LogP contribution in [-0.2, 0) is 25.7 Å². The lowest BCUT2D eigenvalue weighted by Crippen LogP contribution is -2.52. The Kier molecular flexibility index (Phi) is 18.9. The Morgan fingerprint density at radius 1 is 0.800 bits per heavy atom. The maximum Gasteiger partial charge on any atom is 0.335 e. The number of rotatable bonds is 8. The van der Waals surface area contributed by atoms with Crippen LogP contribution >= 0.6 is 91.0 Å². The number of aromatic amines is 1. The second-order valence-electron chi connectivity index (χ2n) is 20.2. The number of aromatic nitrogens is 7. The zero-order chi connectivity index (χ0) is 63.7. The maximum atomic E-state index is 14.6. The summed E-state index contributed by atoms with van der Waals surface area (Å²) in [6.45, 7) is 4.26. The molecule has 0 radical (unpaired) electrons. The second-order valence-corrected chi connectivity index (χ2v) is 26.8. The molecule has 0 saturated carbocycles. The third-order valence-electron chi connectivity index (χ3n) is 14.1. The summed E-state index contributed by atoms with van der Waals surface area (Å²) in [7, 11) is 0. The molecule has 2 aliphatic rings. The predicted octanol–water partition coefficient (Wildman–Crippen LogP) is 6.45. The van der Waals surface area contributed by atoms with Gasteiger partial charge in [-0.15, -0.1) is 56.7 Å². The van der Waals surface area contributed by atoms with E-state index in [2.05, 4.69) is 79.4 Å². The predicted molar refractivity (Wildman–Crippen MR) is 347 cm³/mol. The molecular weight excluding hydrogens is 1390 g/mol. The number of H-pyrrole nitrogens is 1. The zero-order valence-electron chi connectivity index (χ0n) is 47.0. The highest BCUT2D eigenvalue weighted by Gasteiger charge is 2.34. The molecule has 26 nitrogen and oxygen atoms in total. The van der Waals surface area contributed by atoms with Gasteiger partial charge in [0, 0.05) is 71.3 Å². The van der Waals surface area contributed by atoms with Crippen LogP contribution in [-0.4, -0.2) is 133 Å². The number of hydrogen-bond donors (Lipinski definition) is 11. The summed E-state index contributed by atoms with van der Waals surface area (Å²) in [5, 5.41) is 59.0. The number of aliphatic hydroxyl groups is 2. The Balaban J connectivity index is 1.01. The lowest BCUT2D eigenvalue weighted by Gasteiger charge is -2.21. The van der Waals surface area contributed by atoms with Crippen LogP contribution in [0.15, 0.2) is 81.5 Å². The third-order valence-corrected chi connectivity index (χ3v) is 20.3. The van der Waals surface area contributed by atoms with Gasteiger partial charge in [0.05, 0.1) is 29.6 Å². The molecule has 90 heavy (non-hydrogen) atoms. The molecule has 0 spiro atoms. The molecule has 462 valence electrons. The maximum absolute atomic E-state index is 14.6. The van der Waals surface area contributed by atoms with Crippen molar-refractivity contribution in [2.75, 3.05) is 17.6 Å². The summed E-state index contributed by atoms with van der Waals surface area (Å²) < 4.78 is 6.64. The van der Waals surface area contributed by atoms with E-state index in [9.17, 15) is 53.7 Å². The number of nitrogens with zero attached hydrogens (tertiary/aromatic N) is 6. The summed E-state index contributed by atoms with van der Waals surface area (Å²) in [6, 6.07) is 8.82. The van der Waals surface area contributed by atoms with E-state index in [-0.39, 0.29) is 101 Å². The molecule has 6 atom stereocenters. The van der Waals surface area contributed by atoms with E-state index in [1.165, 1.54) is 40.6 Å². The first-order chi connectivity index (χ1) is 43.2. The van der Waals surface area contributed by atoms with Crippen LogP contribution in [0.2, 0.25) is 0 Å². The van der Waals surface area contributed by atoms with Crippen molar-refractivity contribution in [3.63, 3.8) is 0 Å². The number of fused-ring (bicyclic) bond motifs is 13. The molecule has 33 heteroatoms. The number of amides is 6. The van der Waals surface area contributed by atoms with Crippen LogP contribution in [0, 0.1) is 10.5 Å². The van der Waals surface area contributed by atoms with Gasteiger partial charge in [0.25, 0.3) is 23.6 Å². The normalized spacial score (nSPS) is 18.9. The van der Waals surface area contributed by atoms with Gasteiger partial charge in [0.1, 0.15) is 89.3 Å². The van der Waals surface area contributed by atoms with Gasteiger partial charge in [-0.1, -0.05) is 30.0 Å². The number of ether oxygens (including phenoxy) is 1. The fourth-order valence-electron chi connectivity index (χ4n) is 9.42. The van der Waals surface area contributed by atoms with Crippen molar-refractivity contribution in [2.24, 2.45) is 5.73 Å². The third kappa shape index (κ3) is 13.7.